The summed E-state index contributed by atoms with van der Waals surface area (Å²) in [7, 11) is 0. The zero-order chi connectivity index (χ0) is 20.0. The number of ether oxygens (including phenoxy) is 1. The Morgan fingerprint density at radius 3 is 2.69 bits per heavy atom. The van der Waals surface area contributed by atoms with Crippen molar-refractivity contribution in [2.24, 2.45) is 17.8 Å². The molecule has 0 amide bonds. The highest BCUT2D eigenvalue weighted by Gasteiger charge is 2.44. The van der Waals surface area contributed by atoms with E-state index < -0.39 is 0 Å². The molecule has 3 aliphatic rings. The number of hydrogen-bond donors (Lipinski definition) is 0. The number of aryl methyl sites for hydroxylation is 1. The minimum atomic E-state index is -0.347. The van der Waals surface area contributed by atoms with Crippen LogP contribution in [0.25, 0.3) is 0 Å². The van der Waals surface area contributed by atoms with Crippen LogP contribution in [0.4, 0.5) is 4.39 Å². The zero-order valence-corrected chi connectivity index (χ0v) is 17.7. The van der Waals surface area contributed by atoms with Gasteiger partial charge < -0.3 is 9.30 Å². The number of nitrogens with zero attached hydrogens (tertiary/aromatic N) is 3. The molecule has 2 heterocycles. The van der Waals surface area contributed by atoms with Crippen LogP contribution in [0.15, 0.2) is 30.6 Å². The summed E-state index contributed by atoms with van der Waals surface area (Å²) < 4.78 is 22.3. The van der Waals surface area contributed by atoms with Gasteiger partial charge >= 0.3 is 0 Å². The fourth-order valence-electron chi connectivity index (χ4n) is 5.27. The van der Waals surface area contributed by atoms with Gasteiger partial charge in [-0.1, -0.05) is 17.7 Å². The molecule has 1 saturated heterocycles. The Morgan fingerprint density at radius 1 is 1.21 bits per heavy atom. The van der Waals surface area contributed by atoms with Crippen molar-refractivity contribution in [2.75, 3.05) is 19.7 Å². The number of benzene rings is 1. The summed E-state index contributed by atoms with van der Waals surface area (Å²) in [5.74, 6) is 2.83. The lowest BCUT2D eigenvalue weighted by atomic mass is 9.77. The molecule has 0 unspecified atom stereocenters. The molecule has 2 aliphatic carbocycles. The van der Waals surface area contributed by atoms with E-state index in [1.165, 1.54) is 18.9 Å². The van der Waals surface area contributed by atoms with Crippen LogP contribution in [0.2, 0.25) is 5.02 Å². The number of fused-ring (bicyclic) bond motifs is 1. The Kier molecular flexibility index (Phi) is 5.39. The monoisotopic (exact) mass is 417 g/mol. The normalized spacial score (nSPS) is 29.9. The number of hydrogen-bond acceptors (Lipinski definition) is 3. The topological polar surface area (TPSA) is 30.3 Å². The third-order valence-corrected chi connectivity index (χ3v) is 7.30. The molecule has 0 bridgehead atoms. The van der Waals surface area contributed by atoms with Crippen molar-refractivity contribution < 1.29 is 9.13 Å². The highest BCUT2D eigenvalue weighted by atomic mass is 35.5. The SMILES string of the molecule is Cc1nccn1[C@H]1C[C@H]2CN(Cc3ccc(F)c(Cl)c3)C[C@H]2C[C@@H]1OCC1CC1. The summed E-state index contributed by atoms with van der Waals surface area (Å²) in [5, 5.41) is 0.211. The van der Waals surface area contributed by atoms with Crippen molar-refractivity contribution in [1.29, 1.82) is 0 Å². The second kappa shape index (κ2) is 8.01. The van der Waals surface area contributed by atoms with Crippen LogP contribution in [0.1, 0.15) is 43.1 Å². The van der Waals surface area contributed by atoms with Crippen molar-refractivity contribution in [1.82, 2.24) is 14.5 Å². The quantitative estimate of drug-likeness (QED) is 0.672. The first-order valence-electron chi connectivity index (χ1n) is 10.8. The zero-order valence-electron chi connectivity index (χ0n) is 16.9. The van der Waals surface area contributed by atoms with Crippen LogP contribution < -0.4 is 0 Å². The van der Waals surface area contributed by atoms with E-state index in [9.17, 15) is 4.39 Å². The van der Waals surface area contributed by atoms with Crippen molar-refractivity contribution in [3.8, 4) is 0 Å². The van der Waals surface area contributed by atoms with Crippen molar-refractivity contribution in [2.45, 2.75) is 51.3 Å². The number of aromatic nitrogens is 2. The first-order chi connectivity index (χ1) is 14.1. The van der Waals surface area contributed by atoms with Gasteiger partial charge in [0.25, 0.3) is 0 Å². The summed E-state index contributed by atoms with van der Waals surface area (Å²) >= 11 is 5.98. The molecule has 2 aromatic rings. The van der Waals surface area contributed by atoms with Gasteiger partial charge in [0, 0.05) is 38.6 Å². The summed E-state index contributed by atoms with van der Waals surface area (Å²) in [6.45, 7) is 5.99. The third kappa shape index (κ3) is 4.23. The van der Waals surface area contributed by atoms with E-state index in [0.717, 1.165) is 56.4 Å². The second-order valence-corrected chi connectivity index (χ2v) is 9.61. The van der Waals surface area contributed by atoms with E-state index in [2.05, 4.69) is 27.6 Å². The molecule has 2 saturated carbocycles. The van der Waals surface area contributed by atoms with E-state index in [4.69, 9.17) is 16.3 Å². The van der Waals surface area contributed by atoms with Crippen LogP contribution in [-0.2, 0) is 11.3 Å². The van der Waals surface area contributed by atoms with E-state index in [1.54, 1.807) is 6.07 Å². The van der Waals surface area contributed by atoms with Gasteiger partial charge in [0.2, 0.25) is 0 Å². The molecular weight excluding hydrogens is 389 g/mol. The molecule has 1 aliphatic heterocycles. The largest absolute Gasteiger partial charge is 0.376 e. The minimum Gasteiger partial charge on any atom is -0.376 e. The van der Waals surface area contributed by atoms with Crippen LogP contribution in [0, 0.1) is 30.5 Å². The number of imidazole rings is 1. The van der Waals surface area contributed by atoms with Gasteiger partial charge in [-0.2, -0.15) is 0 Å². The molecule has 3 fully saturated rings. The average Bonchev–Trinajstić information content (AvgIpc) is 3.30. The van der Waals surface area contributed by atoms with Crippen LogP contribution in [-0.4, -0.2) is 40.3 Å². The maximum absolute atomic E-state index is 13.5. The lowest BCUT2D eigenvalue weighted by Crippen LogP contribution is -2.38. The molecule has 1 aromatic heterocycles. The van der Waals surface area contributed by atoms with Crippen molar-refractivity contribution in [3.63, 3.8) is 0 Å². The average molecular weight is 418 g/mol. The Morgan fingerprint density at radius 2 is 2.00 bits per heavy atom. The molecule has 4 atom stereocenters. The summed E-state index contributed by atoms with van der Waals surface area (Å²) in [4.78, 5) is 6.96. The van der Waals surface area contributed by atoms with Gasteiger partial charge in [-0.3, -0.25) is 4.90 Å². The first kappa shape index (κ1) is 19.5. The molecule has 6 heteroatoms. The highest BCUT2D eigenvalue weighted by molar-refractivity contribution is 6.30. The number of halogens is 2. The molecule has 29 heavy (non-hydrogen) atoms. The summed E-state index contributed by atoms with van der Waals surface area (Å²) in [6.07, 6.45) is 9.17. The molecule has 5 rings (SSSR count). The predicted molar refractivity (Wildman–Crippen MR) is 111 cm³/mol. The lowest BCUT2D eigenvalue weighted by Gasteiger charge is -2.39. The Labute approximate surface area is 177 Å². The Bertz CT molecular complexity index is 868. The van der Waals surface area contributed by atoms with Gasteiger partial charge in [-0.15, -0.1) is 0 Å². The summed E-state index contributed by atoms with van der Waals surface area (Å²) in [6, 6.07) is 5.46. The molecule has 4 nitrogen and oxygen atoms in total. The van der Waals surface area contributed by atoms with E-state index in [1.807, 2.05) is 12.3 Å². The fourth-order valence-corrected chi connectivity index (χ4v) is 5.47. The molecule has 0 spiro atoms. The molecule has 1 aromatic carbocycles. The van der Waals surface area contributed by atoms with Crippen molar-refractivity contribution >= 4 is 11.6 Å². The maximum atomic E-state index is 13.5. The fraction of sp³-hybridized carbons (Fsp3) is 0.609. The second-order valence-electron chi connectivity index (χ2n) is 9.20. The highest BCUT2D eigenvalue weighted by Crippen LogP contribution is 2.44. The Balaban J connectivity index is 1.29. The molecule has 0 N–H and O–H groups in total. The van der Waals surface area contributed by atoms with Crippen LogP contribution in [0.3, 0.4) is 0 Å². The van der Waals surface area contributed by atoms with Gasteiger partial charge in [-0.25, -0.2) is 9.37 Å². The van der Waals surface area contributed by atoms with Gasteiger partial charge in [0.1, 0.15) is 11.6 Å². The standard InChI is InChI=1S/C23H29ClFN3O/c1-15-26-6-7-28(15)22-9-18-12-27(11-17-4-5-21(25)20(24)8-17)13-19(18)10-23(22)29-14-16-2-3-16/h4-8,16,18-19,22-23H,2-3,9-14H2,1H3/t18-,19+,22-,23-/m0/s1. The van der Waals surface area contributed by atoms with Crippen LogP contribution >= 0.6 is 11.6 Å². The van der Waals surface area contributed by atoms with E-state index in [-0.39, 0.29) is 16.9 Å². The molecule has 0 radical (unpaired) electrons. The maximum Gasteiger partial charge on any atom is 0.141 e. The molecular formula is C23H29ClFN3O. The van der Waals surface area contributed by atoms with Crippen LogP contribution in [0.5, 0.6) is 0 Å². The number of likely N-dealkylation sites (tertiary alicyclic amines) is 1. The first-order valence-corrected chi connectivity index (χ1v) is 11.2. The minimum absolute atomic E-state index is 0.211. The van der Waals surface area contributed by atoms with Crippen molar-refractivity contribution in [3.05, 3.63) is 52.8 Å². The van der Waals surface area contributed by atoms with E-state index >= 15 is 0 Å². The smallest absolute Gasteiger partial charge is 0.141 e. The van der Waals surface area contributed by atoms with Gasteiger partial charge in [0.05, 0.1) is 17.2 Å². The lowest BCUT2D eigenvalue weighted by molar-refractivity contribution is -0.0343. The predicted octanol–water partition coefficient (Wildman–Crippen LogP) is 4.86. The van der Waals surface area contributed by atoms with Gasteiger partial charge in [-0.05, 0) is 68.1 Å². The van der Waals surface area contributed by atoms with E-state index in [0.29, 0.717) is 17.9 Å². The Hall–Kier alpha value is -1.43. The number of rotatable bonds is 6. The summed E-state index contributed by atoms with van der Waals surface area (Å²) in [5.41, 5.74) is 1.08. The third-order valence-electron chi connectivity index (χ3n) is 7.01. The molecule has 156 valence electrons. The van der Waals surface area contributed by atoms with Gasteiger partial charge in [0.15, 0.2) is 0 Å².